The van der Waals surface area contributed by atoms with Gasteiger partial charge in [0.25, 0.3) is 0 Å². The van der Waals surface area contributed by atoms with E-state index in [1.165, 1.54) is 43.5 Å². The molecule has 1 fully saturated rings. The maximum atomic E-state index is 8.87. The van der Waals surface area contributed by atoms with Gasteiger partial charge < -0.3 is 0 Å². The fourth-order valence-corrected chi connectivity index (χ4v) is 2.74. The van der Waals surface area contributed by atoms with Crippen LogP contribution in [-0.2, 0) is 6.54 Å². The quantitative estimate of drug-likeness (QED) is 0.811. The fraction of sp³-hybridized carbons (Fsp3) is 0.562. The Balaban J connectivity index is 1.96. The molecule has 0 radical (unpaired) electrons. The van der Waals surface area contributed by atoms with Crippen LogP contribution in [0.3, 0.4) is 0 Å². The van der Waals surface area contributed by atoms with Crippen molar-refractivity contribution in [3.8, 4) is 6.07 Å². The van der Waals surface area contributed by atoms with Crippen LogP contribution < -0.4 is 0 Å². The summed E-state index contributed by atoms with van der Waals surface area (Å²) in [5, 5.41) is 8.87. The van der Waals surface area contributed by atoms with Gasteiger partial charge >= 0.3 is 0 Å². The van der Waals surface area contributed by atoms with E-state index in [9.17, 15) is 0 Å². The van der Waals surface area contributed by atoms with Crippen molar-refractivity contribution >= 4 is 0 Å². The average Bonchev–Trinajstić information content (AvgIpc) is 2.42. The molecular weight excluding hydrogens is 220 g/mol. The van der Waals surface area contributed by atoms with E-state index in [1.807, 2.05) is 12.1 Å². The van der Waals surface area contributed by atoms with Crippen LogP contribution in [0.15, 0.2) is 18.2 Å². The second-order valence-electron chi connectivity index (χ2n) is 5.38. The number of rotatable bonds is 3. The minimum atomic E-state index is 0.765. The molecule has 1 aromatic carbocycles. The van der Waals surface area contributed by atoms with Crippen LogP contribution in [0, 0.1) is 24.2 Å². The number of hydrogen-bond donors (Lipinski definition) is 0. The zero-order valence-electron chi connectivity index (χ0n) is 11.4. The van der Waals surface area contributed by atoms with E-state index in [1.54, 1.807) is 0 Å². The molecule has 1 aliphatic heterocycles. The lowest BCUT2D eigenvalue weighted by molar-refractivity contribution is 0.175. The highest BCUT2D eigenvalue weighted by atomic mass is 15.1. The van der Waals surface area contributed by atoms with Crippen LogP contribution in [0.25, 0.3) is 0 Å². The maximum Gasteiger partial charge on any atom is 0.0991 e. The Morgan fingerprint density at radius 2 is 2.06 bits per heavy atom. The molecule has 0 aliphatic carbocycles. The fourth-order valence-electron chi connectivity index (χ4n) is 2.74. The molecule has 0 unspecified atom stereocenters. The van der Waals surface area contributed by atoms with Crippen LogP contribution >= 0.6 is 0 Å². The van der Waals surface area contributed by atoms with E-state index in [0.717, 1.165) is 18.0 Å². The van der Waals surface area contributed by atoms with Crippen LogP contribution in [-0.4, -0.2) is 18.0 Å². The molecule has 2 nitrogen and oxygen atoms in total. The van der Waals surface area contributed by atoms with Gasteiger partial charge in [0, 0.05) is 6.54 Å². The molecule has 0 spiro atoms. The number of benzene rings is 1. The lowest BCUT2D eigenvalue weighted by Crippen LogP contribution is -2.33. The highest BCUT2D eigenvalue weighted by Crippen LogP contribution is 2.22. The molecule has 0 amide bonds. The highest BCUT2D eigenvalue weighted by Gasteiger charge is 2.18. The molecule has 1 aliphatic rings. The summed E-state index contributed by atoms with van der Waals surface area (Å²) in [6.45, 7) is 7.88. The Hall–Kier alpha value is -1.33. The molecule has 1 heterocycles. The van der Waals surface area contributed by atoms with Crippen molar-refractivity contribution in [2.24, 2.45) is 5.92 Å². The van der Waals surface area contributed by atoms with Gasteiger partial charge in [-0.15, -0.1) is 0 Å². The van der Waals surface area contributed by atoms with Gasteiger partial charge in [0.15, 0.2) is 0 Å². The summed E-state index contributed by atoms with van der Waals surface area (Å²) in [6.07, 6.45) is 4.00. The summed E-state index contributed by atoms with van der Waals surface area (Å²) < 4.78 is 0. The first-order chi connectivity index (χ1) is 8.72. The highest BCUT2D eigenvalue weighted by molar-refractivity contribution is 5.37. The van der Waals surface area contributed by atoms with Crippen LogP contribution in [0.1, 0.15) is 42.9 Å². The largest absolute Gasteiger partial charge is 0.299 e. The Bertz CT molecular complexity index is 437. The topological polar surface area (TPSA) is 27.0 Å². The molecule has 0 N–H and O–H groups in total. The maximum absolute atomic E-state index is 8.87. The van der Waals surface area contributed by atoms with Gasteiger partial charge in [0.05, 0.1) is 11.6 Å². The van der Waals surface area contributed by atoms with Gasteiger partial charge in [-0.1, -0.05) is 19.4 Å². The Kier molecular flexibility index (Phi) is 4.38. The number of aryl methyl sites for hydroxylation is 1. The molecule has 1 saturated heterocycles. The summed E-state index contributed by atoms with van der Waals surface area (Å²) in [7, 11) is 0. The molecule has 96 valence electrons. The lowest BCUT2D eigenvalue weighted by Gasteiger charge is -2.31. The average molecular weight is 242 g/mol. The third kappa shape index (κ3) is 3.11. The summed E-state index contributed by atoms with van der Waals surface area (Å²) in [5.74, 6) is 0.934. The third-order valence-electron chi connectivity index (χ3n) is 4.15. The van der Waals surface area contributed by atoms with Gasteiger partial charge in [-0.25, -0.2) is 0 Å². The molecule has 0 aromatic heterocycles. The number of hydrogen-bond acceptors (Lipinski definition) is 2. The SMILES string of the molecule is CCC1CCN(Cc2ccc(C#N)cc2C)CC1. The predicted octanol–water partition coefficient (Wildman–Crippen LogP) is 3.49. The smallest absolute Gasteiger partial charge is 0.0991 e. The van der Waals surface area contributed by atoms with E-state index in [4.69, 9.17) is 5.26 Å². The second-order valence-corrected chi connectivity index (χ2v) is 5.38. The van der Waals surface area contributed by atoms with Gasteiger partial charge in [-0.2, -0.15) is 5.26 Å². The molecule has 1 aromatic rings. The number of piperidine rings is 1. The van der Waals surface area contributed by atoms with Crippen molar-refractivity contribution in [2.75, 3.05) is 13.1 Å². The number of likely N-dealkylation sites (tertiary alicyclic amines) is 1. The van der Waals surface area contributed by atoms with Crippen molar-refractivity contribution in [1.82, 2.24) is 4.90 Å². The molecule has 2 rings (SSSR count). The summed E-state index contributed by atoms with van der Waals surface area (Å²) in [4.78, 5) is 2.54. The molecule has 18 heavy (non-hydrogen) atoms. The van der Waals surface area contributed by atoms with Crippen LogP contribution in [0.5, 0.6) is 0 Å². The van der Waals surface area contributed by atoms with E-state index < -0.39 is 0 Å². The second kappa shape index (κ2) is 6.02. The van der Waals surface area contributed by atoms with Gasteiger partial charge in [0.1, 0.15) is 0 Å². The molecule has 0 atom stereocenters. The summed E-state index contributed by atoms with van der Waals surface area (Å²) >= 11 is 0. The Morgan fingerprint density at radius 3 is 2.61 bits per heavy atom. The summed E-state index contributed by atoms with van der Waals surface area (Å²) in [6, 6.07) is 8.24. The zero-order valence-corrected chi connectivity index (χ0v) is 11.4. The van der Waals surface area contributed by atoms with Crippen LogP contribution in [0.2, 0.25) is 0 Å². The predicted molar refractivity (Wildman–Crippen MR) is 74.2 cm³/mol. The van der Waals surface area contributed by atoms with Crippen molar-refractivity contribution in [3.05, 3.63) is 34.9 Å². The van der Waals surface area contributed by atoms with Crippen molar-refractivity contribution in [2.45, 2.75) is 39.7 Å². The zero-order chi connectivity index (χ0) is 13.0. The third-order valence-corrected chi connectivity index (χ3v) is 4.15. The van der Waals surface area contributed by atoms with E-state index >= 15 is 0 Å². The van der Waals surface area contributed by atoms with E-state index in [0.29, 0.717) is 0 Å². The first-order valence-corrected chi connectivity index (χ1v) is 6.95. The minimum absolute atomic E-state index is 0.765. The normalized spacial score (nSPS) is 17.6. The summed E-state index contributed by atoms with van der Waals surface area (Å²) in [5.41, 5.74) is 3.37. The first-order valence-electron chi connectivity index (χ1n) is 6.95. The number of nitrogens with zero attached hydrogens (tertiary/aromatic N) is 2. The van der Waals surface area contributed by atoms with Gasteiger partial charge in [-0.05, 0) is 62.0 Å². The molecule has 2 heteroatoms. The first kappa shape index (κ1) is 13.1. The standard InChI is InChI=1S/C16H22N2/c1-3-14-6-8-18(9-7-14)12-16-5-4-15(11-17)10-13(16)2/h4-5,10,14H,3,6-9,12H2,1-2H3. The van der Waals surface area contributed by atoms with E-state index in [2.05, 4.69) is 30.9 Å². The van der Waals surface area contributed by atoms with Gasteiger partial charge in [0.2, 0.25) is 0 Å². The molecule has 0 bridgehead atoms. The van der Waals surface area contributed by atoms with Crippen molar-refractivity contribution < 1.29 is 0 Å². The Labute approximate surface area is 110 Å². The van der Waals surface area contributed by atoms with Crippen molar-refractivity contribution in [3.63, 3.8) is 0 Å². The van der Waals surface area contributed by atoms with E-state index in [-0.39, 0.29) is 0 Å². The minimum Gasteiger partial charge on any atom is -0.299 e. The van der Waals surface area contributed by atoms with Crippen molar-refractivity contribution in [1.29, 1.82) is 5.26 Å². The molecular formula is C16H22N2. The Morgan fingerprint density at radius 1 is 1.33 bits per heavy atom. The number of nitriles is 1. The molecule has 0 saturated carbocycles. The van der Waals surface area contributed by atoms with Gasteiger partial charge in [-0.3, -0.25) is 4.90 Å². The van der Waals surface area contributed by atoms with Crippen LogP contribution in [0.4, 0.5) is 0 Å². The monoisotopic (exact) mass is 242 g/mol. The lowest BCUT2D eigenvalue weighted by atomic mass is 9.94.